The van der Waals surface area contributed by atoms with E-state index in [-0.39, 0.29) is 13.0 Å². The van der Waals surface area contributed by atoms with Crippen molar-refractivity contribution < 1.29 is 33.4 Å². The van der Waals surface area contributed by atoms with Gasteiger partial charge in [0.1, 0.15) is 11.5 Å². The molecule has 0 saturated carbocycles. The fourth-order valence-corrected chi connectivity index (χ4v) is 3.23. The number of hydrazine groups is 1. The average molecular weight is 476 g/mol. The zero-order chi connectivity index (χ0) is 24.0. The smallest absolute Gasteiger partial charge is 0.311 e. The summed E-state index contributed by atoms with van der Waals surface area (Å²) in [5.41, 5.74) is 3.15. The standard InChI is InChI=1S/C22H22ClN3O7/c1-31-16-7-8-17(18(10-16)32-2)24-19(27)12-33-22(30)14-9-20(28)26(11-14)25-21(29)13-3-5-15(23)6-4-13/h3-8,10,14H,9,11-12H2,1-2H3,(H,24,27)(H,25,29)/t14-/m0/s1. The fraction of sp³-hybridized carbons (Fsp3) is 0.273. The lowest BCUT2D eigenvalue weighted by Gasteiger charge is -2.17. The van der Waals surface area contributed by atoms with Gasteiger partial charge in [-0.15, -0.1) is 0 Å². The molecular formula is C22H22ClN3O7. The summed E-state index contributed by atoms with van der Waals surface area (Å²) in [6, 6.07) is 11.0. The Bertz CT molecular complexity index is 1060. The Kier molecular flexibility index (Phi) is 7.73. The van der Waals surface area contributed by atoms with Crippen LogP contribution in [0.3, 0.4) is 0 Å². The van der Waals surface area contributed by atoms with Crippen molar-refractivity contribution >= 4 is 41.0 Å². The van der Waals surface area contributed by atoms with Gasteiger partial charge in [0.25, 0.3) is 11.8 Å². The number of methoxy groups -OCH3 is 2. The number of carbonyl (C=O) groups excluding carboxylic acids is 4. The van der Waals surface area contributed by atoms with E-state index in [1.165, 1.54) is 26.4 Å². The van der Waals surface area contributed by atoms with Gasteiger partial charge in [0.05, 0.1) is 32.4 Å². The second-order valence-corrected chi connectivity index (χ2v) is 7.51. The Morgan fingerprint density at radius 3 is 2.48 bits per heavy atom. The van der Waals surface area contributed by atoms with Crippen molar-refractivity contribution in [2.24, 2.45) is 5.92 Å². The molecular weight excluding hydrogens is 454 g/mol. The molecule has 33 heavy (non-hydrogen) atoms. The first-order chi connectivity index (χ1) is 15.8. The third-order valence-corrected chi connectivity index (χ3v) is 5.08. The molecule has 1 aliphatic rings. The van der Waals surface area contributed by atoms with Gasteiger partial charge in [0.15, 0.2) is 6.61 Å². The van der Waals surface area contributed by atoms with Crippen LogP contribution in [0.5, 0.6) is 11.5 Å². The predicted molar refractivity (Wildman–Crippen MR) is 118 cm³/mol. The molecule has 2 N–H and O–H groups in total. The predicted octanol–water partition coefficient (Wildman–Crippen LogP) is 2.03. The Labute approximate surface area is 194 Å². The molecule has 1 fully saturated rings. The van der Waals surface area contributed by atoms with E-state index in [2.05, 4.69) is 10.7 Å². The molecule has 0 unspecified atom stereocenters. The number of halogens is 1. The molecule has 1 aliphatic heterocycles. The van der Waals surface area contributed by atoms with Gasteiger partial charge in [-0.3, -0.25) is 29.6 Å². The number of hydrogen-bond acceptors (Lipinski definition) is 7. The molecule has 11 heteroatoms. The van der Waals surface area contributed by atoms with E-state index in [9.17, 15) is 19.2 Å². The topological polar surface area (TPSA) is 123 Å². The molecule has 0 aromatic heterocycles. The molecule has 3 rings (SSSR count). The van der Waals surface area contributed by atoms with Crippen molar-refractivity contribution in [3.8, 4) is 11.5 Å². The number of hydrogen-bond donors (Lipinski definition) is 2. The van der Waals surface area contributed by atoms with Crippen molar-refractivity contribution in [1.82, 2.24) is 10.4 Å². The number of anilines is 1. The van der Waals surface area contributed by atoms with Gasteiger partial charge in [0, 0.05) is 23.1 Å². The van der Waals surface area contributed by atoms with Gasteiger partial charge in [-0.25, -0.2) is 0 Å². The molecule has 10 nitrogen and oxygen atoms in total. The number of carbonyl (C=O) groups is 4. The minimum Gasteiger partial charge on any atom is -0.497 e. The molecule has 2 aromatic rings. The van der Waals surface area contributed by atoms with Crippen molar-refractivity contribution in [3.63, 3.8) is 0 Å². The van der Waals surface area contributed by atoms with Crippen molar-refractivity contribution in [2.75, 3.05) is 32.7 Å². The zero-order valence-electron chi connectivity index (χ0n) is 17.9. The first kappa shape index (κ1) is 23.9. The van der Waals surface area contributed by atoms with Crippen LogP contribution in [0.2, 0.25) is 5.02 Å². The highest BCUT2D eigenvalue weighted by Crippen LogP contribution is 2.29. The van der Waals surface area contributed by atoms with Crippen molar-refractivity contribution in [3.05, 3.63) is 53.1 Å². The minimum absolute atomic E-state index is 0.0646. The second-order valence-electron chi connectivity index (χ2n) is 7.08. The van der Waals surface area contributed by atoms with E-state index in [0.29, 0.717) is 27.8 Å². The number of nitrogens with zero attached hydrogens (tertiary/aromatic N) is 1. The summed E-state index contributed by atoms with van der Waals surface area (Å²) < 4.78 is 15.4. The van der Waals surface area contributed by atoms with Crippen LogP contribution in [-0.2, 0) is 19.1 Å². The highest BCUT2D eigenvalue weighted by Gasteiger charge is 2.36. The number of amides is 3. The summed E-state index contributed by atoms with van der Waals surface area (Å²) in [6.07, 6.45) is -0.145. The molecule has 1 saturated heterocycles. The molecule has 0 bridgehead atoms. The van der Waals surface area contributed by atoms with Crippen molar-refractivity contribution in [1.29, 1.82) is 0 Å². The third-order valence-electron chi connectivity index (χ3n) is 4.83. The highest BCUT2D eigenvalue weighted by molar-refractivity contribution is 6.30. The first-order valence-corrected chi connectivity index (χ1v) is 10.2. The van der Waals surface area contributed by atoms with Gasteiger partial charge < -0.3 is 19.5 Å². The van der Waals surface area contributed by atoms with E-state index in [1.807, 2.05) is 0 Å². The lowest BCUT2D eigenvalue weighted by Crippen LogP contribution is -2.43. The van der Waals surface area contributed by atoms with Crippen LogP contribution in [0.15, 0.2) is 42.5 Å². The lowest BCUT2D eigenvalue weighted by atomic mass is 10.1. The zero-order valence-corrected chi connectivity index (χ0v) is 18.7. The number of rotatable bonds is 8. The quantitative estimate of drug-likeness (QED) is 0.560. The highest BCUT2D eigenvalue weighted by atomic mass is 35.5. The SMILES string of the molecule is COc1ccc(NC(=O)COC(=O)[C@H]2CC(=O)N(NC(=O)c3ccc(Cl)cc3)C2)c(OC)c1. The maximum absolute atomic E-state index is 12.3. The van der Waals surface area contributed by atoms with Gasteiger partial charge in [-0.1, -0.05) is 11.6 Å². The van der Waals surface area contributed by atoms with E-state index >= 15 is 0 Å². The van der Waals surface area contributed by atoms with Crippen LogP contribution in [-0.4, -0.2) is 56.1 Å². The Balaban J connectivity index is 1.49. The third kappa shape index (κ3) is 6.13. The molecule has 174 valence electrons. The van der Waals surface area contributed by atoms with Gasteiger partial charge >= 0.3 is 5.97 Å². The summed E-state index contributed by atoms with van der Waals surface area (Å²) in [5, 5.41) is 4.12. The van der Waals surface area contributed by atoms with E-state index in [1.54, 1.807) is 30.3 Å². The van der Waals surface area contributed by atoms with E-state index in [4.69, 9.17) is 25.8 Å². The maximum Gasteiger partial charge on any atom is 0.311 e. The molecule has 1 heterocycles. The molecule has 2 aromatic carbocycles. The monoisotopic (exact) mass is 475 g/mol. The van der Waals surface area contributed by atoms with Crippen LogP contribution in [0.25, 0.3) is 0 Å². The van der Waals surface area contributed by atoms with Crippen LogP contribution in [0.4, 0.5) is 5.69 Å². The Morgan fingerprint density at radius 1 is 1.09 bits per heavy atom. The summed E-state index contributed by atoms with van der Waals surface area (Å²) in [6.45, 7) is -0.610. The van der Waals surface area contributed by atoms with Crippen LogP contribution in [0.1, 0.15) is 16.8 Å². The van der Waals surface area contributed by atoms with Crippen LogP contribution >= 0.6 is 11.6 Å². The Hall–Kier alpha value is -3.79. The number of nitrogens with one attached hydrogen (secondary N) is 2. The lowest BCUT2D eigenvalue weighted by molar-refractivity contribution is -0.151. The number of ether oxygens (including phenoxy) is 3. The largest absolute Gasteiger partial charge is 0.497 e. The van der Waals surface area contributed by atoms with Crippen molar-refractivity contribution in [2.45, 2.75) is 6.42 Å². The minimum atomic E-state index is -0.814. The summed E-state index contributed by atoms with van der Waals surface area (Å²) >= 11 is 5.80. The summed E-state index contributed by atoms with van der Waals surface area (Å²) in [7, 11) is 2.95. The van der Waals surface area contributed by atoms with Crippen LogP contribution < -0.4 is 20.2 Å². The number of esters is 1. The molecule has 0 radical (unpaired) electrons. The molecule has 1 atom stereocenters. The maximum atomic E-state index is 12.3. The fourth-order valence-electron chi connectivity index (χ4n) is 3.10. The summed E-state index contributed by atoms with van der Waals surface area (Å²) in [5.74, 6) is -2.13. The molecule has 3 amide bonds. The second kappa shape index (κ2) is 10.7. The molecule has 0 spiro atoms. The molecule has 0 aliphatic carbocycles. The number of benzene rings is 2. The normalized spacial score (nSPS) is 15.1. The average Bonchev–Trinajstić information content (AvgIpc) is 3.18. The summed E-state index contributed by atoms with van der Waals surface area (Å²) in [4.78, 5) is 49.0. The Morgan fingerprint density at radius 2 is 1.82 bits per heavy atom. The first-order valence-electron chi connectivity index (χ1n) is 9.86. The van der Waals surface area contributed by atoms with E-state index in [0.717, 1.165) is 5.01 Å². The van der Waals surface area contributed by atoms with Gasteiger partial charge in [-0.05, 0) is 36.4 Å². The van der Waals surface area contributed by atoms with Gasteiger partial charge in [-0.2, -0.15) is 0 Å². The van der Waals surface area contributed by atoms with Crippen LogP contribution in [0, 0.1) is 5.92 Å². The van der Waals surface area contributed by atoms with Gasteiger partial charge in [0.2, 0.25) is 5.91 Å². The van der Waals surface area contributed by atoms with E-state index < -0.39 is 36.2 Å².